The van der Waals surface area contributed by atoms with Crippen molar-refractivity contribution in [3.05, 3.63) is 29.3 Å². The molecule has 1 aromatic rings. The van der Waals surface area contributed by atoms with Gasteiger partial charge in [-0.2, -0.15) is 0 Å². The number of nitrogens with one attached hydrogen (secondary N) is 3. The van der Waals surface area contributed by atoms with Crippen LogP contribution in [0.4, 0.5) is 5.69 Å². The molecule has 0 aliphatic carbocycles. The third kappa shape index (κ3) is 4.22. The number of hydrogen-bond acceptors (Lipinski definition) is 6. The van der Waals surface area contributed by atoms with Gasteiger partial charge in [-0.1, -0.05) is 11.6 Å². The number of likely N-dealkylation sites (N-methyl/N-ethyl adjacent to an activating group) is 1. The van der Waals surface area contributed by atoms with Crippen molar-refractivity contribution in [2.24, 2.45) is 5.73 Å². The van der Waals surface area contributed by atoms with Crippen LogP contribution in [-0.4, -0.2) is 60.8 Å². The van der Waals surface area contributed by atoms with Crippen molar-refractivity contribution in [2.75, 3.05) is 19.0 Å². The maximum absolute atomic E-state index is 12.8. The van der Waals surface area contributed by atoms with Crippen LogP contribution in [-0.2, 0) is 19.1 Å². The van der Waals surface area contributed by atoms with Crippen LogP contribution in [0.15, 0.2) is 24.3 Å². The van der Waals surface area contributed by atoms with Gasteiger partial charge in [0.1, 0.15) is 24.5 Å². The van der Waals surface area contributed by atoms with Crippen LogP contribution in [0.1, 0.15) is 12.8 Å². The fraction of sp³-hybridized carbons (Fsp3) is 0.471. The summed E-state index contributed by atoms with van der Waals surface area (Å²) in [6.45, 7) is 0.0493. The van der Waals surface area contributed by atoms with Gasteiger partial charge in [-0.25, -0.2) is 0 Å². The molecule has 3 amide bonds. The minimum atomic E-state index is -0.932. The third-order valence-electron chi connectivity index (χ3n) is 4.67. The van der Waals surface area contributed by atoms with Gasteiger partial charge in [-0.15, -0.1) is 0 Å². The SMILES string of the molecule is CN[C@@H](N)C(=O)N[C@H]1CO[C@H]2CCC(C(=O)Nc3ccc(Cl)cc3)N2C1=O. The number of hydrogen-bond donors (Lipinski definition) is 4. The Morgan fingerprint density at radius 2 is 2.00 bits per heavy atom. The molecule has 0 aromatic heterocycles. The molecule has 9 nitrogen and oxygen atoms in total. The first-order valence-electron chi connectivity index (χ1n) is 8.64. The van der Waals surface area contributed by atoms with E-state index in [0.29, 0.717) is 23.6 Å². The van der Waals surface area contributed by atoms with E-state index in [1.807, 2.05) is 0 Å². The lowest BCUT2D eigenvalue weighted by Crippen LogP contribution is -2.63. The van der Waals surface area contributed by atoms with Crippen LogP contribution in [0.3, 0.4) is 0 Å². The van der Waals surface area contributed by atoms with Crippen LogP contribution in [0.2, 0.25) is 5.02 Å². The third-order valence-corrected chi connectivity index (χ3v) is 4.92. The van der Waals surface area contributed by atoms with E-state index in [-0.39, 0.29) is 18.4 Å². The lowest BCUT2D eigenvalue weighted by molar-refractivity contribution is -0.166. The molecule has 1 aromatic carbocycles. The molecule has 2 heterocycles. The summed E-state index contributed by atoms with van der Waals surface area (Å²) in [5.74, 6) is -1.17. The summed E-state index contributed by atoms with van der Waals surface area (Å²) in [7, 11) is 1.54. The second-order valence-electron chi connectivity index (χ2n) is 6.45. The molecular formula is C17H22ClN5O4. The van der Waals surface area contributed by atoms with Gasteiger partial charge in [0.2, 0.25) is 11.8 Å². The average Bonchev–Trinajstić information content (AvgIpc) is 3.10. The number of anilines is 1. The number of amides is 3. The fourth-order valence-corrected chi connectivity index (χ4v) is 3.34. The van der Waals surface area contributed by atoms with Crippen LogP contribution >= 0.6 is 11.6 Å². The zero-order valence-corrected chi connectivity index (χ0v) is 15.5. The van der Waals surface area contributed by atoms with E-state index in [4.69, 9.17) is 22.1 Å². The van der Waals surface area contributed by atoms with E-state index in [2.05, 4.69) is 16.0 Å². The molecule has 146 valence electrons. The van der Waals surface area contributed by atoms with Gasteiger partial charge >= 0.3 is 0 Å². The topological polar surface area (TPSA) is 126 Å². The van der Waals surface area contributed by atoms with Gasteiger partial charge in [0.05, 0.1) is 6.61 Å². The summed E-state index contributed by atoms with van der Waals surface area (Å²) >= 11 is 5.85. The number of carbonyl (C=O) groups is 3. The van der Waals surface area contributed by atoms with Crippen LogP contribution in [0, 0.1) is 0 Å². The Hall–Kier alpha value is -2.20. The summed E-state index contributed by atoms with van der Waals surface area (Å²) in [6, 6.07) is 5.15. The number of nitrogens with zero attached hydrogens (tertiary/aromatic N) is 1. The molecule has 2 saturated heterocycles. The zero-order chi connectivity index (χ0) is 19.6. The molecule has 0 spiro atoms. The summed E-state index contributed by atoms with van der Waals surface area (Å²) in [5.41, 5.74) is 6.18. The summed E-state index contributed by atoms with van der Waals surface area (Å²) in [6.07, 6.45) is -0.365. The monoisotopic (exact) mass is 395 g/mol. The smallest absolute Gasteiger partial charge is 0.252 e. The minimum Gasteiger partial charge on any atom is -0.356 e. The standard InChI is InChI=1S/C17H22ClN5O4/c1-20-14(19)16(25)22-11-8-27-13-7-6-12(23(13)17(11)26)15(24)21-10-4-2-9(18)3-5-10/h2-5,11-14,20H,6-8,19H2,1H3,(H,21,24)(H,22,25)/t11-,12?,13-,14+/m0/s1. The molecule has 3 rings (SSSR count). The van der Waals surface area contributed by atoms with Crippen molar-refractivity contribution in [2.45, 2.75) is 37.3 Å². The number of ether oxygens (including phenoxy) is 1. The molecule has 0 radical (unpaired) electrons. The highest BCUT2D eigenvalue weighted by atomic mass is 35.5. The Morgan fingerprint density at radius 1 is 1.30 bits per heavy atom. The number of rotatable bonds is 5. The highest BCUT2D eigenvalue weighted by Gasteiger charge is 2.47. The van der Waals surface area contributed by atoms with Crippen molar-refractivity contribution in [3.8, 4) is 0 Å². The average molecular weight is 396 g/mol. The Bertz CT molecular complexity index is 729. The molecular weight excluding hydrogens is 374 g/mol. The predicted molar refractivity (Wildman–Crippen MR) is 98.7 cm³/mol. The van der Waals surface area contributed by atoms with Crippen LogP contribution in [0.5, 0.6) is 0 Å². The van der Waals surface area contributed by atoms with Gasteiger partial charge in [0.15, 0.2) is 0 Å². The second kappa shape index (κ2) is 8.22. The maximum Gasteiger partial charge on any atom is 0.252 e. The van der Waals surface area contributed by atoms with Crippen LogP contribution < -0.4 is 21.7 Å². The molecule has 2 aliphatic heterocycles. The minimum absolute atomic E-state index is 0.0493. The molecule has 4 atom stereocenters. The number of halogens is 1. The first-order valence-corrected chi connectivity index (χ1v) is 9.02. The number of carbonyl (C=O) groups excluding carboxylic acids is 3. The lowest BCUT2D eigenvalue weighted by Gasteiger charge is -2.37. The van der Waals surface area contributed by atoms with E-state index >= 15 is 0 Å². The Morgan fingerprint density at radius 3 is 2.67 bits per heavy atom. The molecule has 0 saturated carbocycles. The van der Waals surface area contributed by atoms with E-state index < -0.39 is 30.4 Å². The fourth-order valence-electron chi connectivity index (χ4n) is 3.21. The van der Waals surface area contributed by atoms with Gasteiger partial charge in [-0.05, 0) is 44.2 Å². The Kier molecular flexibility index (Phi) is 5.95. The van der Waals surface area contributed by atoms with E-state index in [0.717, 1.165) is 0 Å². The largest absolute Gasteiger partial charge is 0.356 e. The predicted octanol–water partition coefficient (Wildman–Crippen LogP) is -0.385. The molecule has 27 heavy (non-hydrogen) atoms. The highest BCUT2D eigenvalue weighted by Crippen LogP contribution is 2.30. The lowest BCUT2D eigenvalue weighted by atomic mass is 10.1. The first kappa shape index (κ1) is 19.6. The summed E-state index contributed by atoms with van der Waals surface area (Å²) in [4.78, 5) is 38.9. The van der Waals surface area contributed by atoms with E-state index in [1.165, 1.54) is 11.9 Å². The molecule has 0 bridgehead atoms. The Labute approximate surface area is 161 Å². The number of nitrogens with two attached hydrogens (primary N) is 1. The molecule has 2 fully saturated rings. The van der Waals surface area contributed by atoms with Crippen LogP contribution in [0.25, 0.3) is 0 Å². The first-order chi connectivity index (χ1) is 12.9. The highest BCUT2D eigenvalue weighted by molar-refractivity contribution is 6.30. The van der Waals surface area contributed by atoms with Gasteiger partial charge in [-0.3, -0.25) is 19.7 Å². The molecule has 5 N–H and O–H groups in total. The van der Waals surface area contributed by atoms with E-state index in [1.54, 1.807) is 24.3 Å². The van der Waals surface area contributed by atoms with Gasteiger partial charge < -0.3 is 26.0 Å². The number of fused-ring (bicyclic) bond motifs is 1. The number of benzene rings is 1. The quantitative estimate of drug-likeness (QED) is 0.503. The van der Waals surface area contributed by atoms with Crippen molar-refractivity contribution >= 4 is 35.0 Å². The normalized spacial score (nSPS) is 25.7. The molecule has 2 aliphatic rings. The summed E-state index contributed by atoms with van der Waals surface area (Å²) in [5, 5.41) is 8.50. The van der Waals surface area contributed by atoms with Crippen molar-refractivity contribution in [3.63, 3.8) is 0 Å². The zero-order valence-electron chi connectivity index (χ0n) is 14.8. The summed E-state index contributed by atoms with van der Waals surface area (Å²) < 4.78 is 5.68. The maximum atomic E-state index is 12.8. The van der Waals surface area contributed by atoms with Gasteiger partial charge in [0, 0.05) is 10.7 Å². The molecule has 1 unspecified atom stereocenters. The molecule has 10 heteroatoms. The van der Waals surface area contributed by atoms with Crippen molar-refractivity contribution in [1.82, 2.24) is 15.5 Å². The second-order valence-corrected chi connectivity index (χ2v) is 6.89. The van der Waals surface area contributed by atoms with Crippen molar-refractivity contribution < 1.29 is 19.1 Å². The Balaban J connectivity index is 1.68. The van der Waals surface area contributed by atoms with Gasteiger partial charge in [0.25, 0.3) is 5.91 Å². The van der Waals surface area contributed by atoms with E-state index in [9.17, 15) is 14.4 Å². The van der Waals surface area contributed by atoms with Crippen molar-refractivity contribution in [1.29, 1.82) is 0 Å².